The number of nitrogens with zero attached hydrogens (tertiary/aromatic N) is 1. The maximum atomic E-state index is 12.3. The Morgan fingerprint density at radius 2 is 1.92 bits per heavy atom. The average molecular weight is 333 g/mol. The molecular formula is C18H27N3O3. The molecule has 0 aromatic heterocycles. The van der Waals surface area contributed by atoms with Gasteiger partial charge >= 0.3 is 6.03 Å². The normalized spacial score (nSPS) is 15.2. The number of carbonyl (C=O) groups excluding carboxylic acids is 2. The lowest BCUT2D eigenvalue weighted by Crippen LogP contribution is -2.50. The number of benzene rings is 1. The fourth-order valence-corrected chi connectivity index (χ4v) is 2.87. The standard InChI is InChI=1S/C18H27N3O3/c1-13(2)19-18(23)21-10-8-15(9-11-21)20-17(22)12-14-6-4-5-7-16(14)24-3/h4-7,13,15H,8-12H2,1-3H3,(H,19,23)(H,20,22). The van der Waals surface area contributed by atoms with Gasteiger partial charge in [0.1, 0.15) is 5.75 Å². The van der Waals surface area contributed by atoms with Crippen molar-refractivity contribution in [1.29, 1.82) is 0 Å². The third-order valence-electron chi connectivity index (χ3n) is 4.10. The lowest BCUT2D eigenvalue weighted by atomic mass is 10.0. The monoisotopic (exact) mass is 333 g/mol. The Labute approximate surface area is 143 Å². The number of rotatable bonds is 5. The van der Waals surface area contributed by atoms with Gasteiger partial charge < -0.3 is 20.3 Å². The first-order valence-electron chi connectivity index (χ1n) is 8.46. The van der Waals surface area contributed by atoms with Crippen LogP contribution in [0.25, 0.3) is 0 Å². The average Bonchev–Trinajstić information content (AvgIpc) is 2.55. The predicted octanol–water partition coefficient (Wildman–Crippen LogP) is 1.94. The third kappa shape index (κ3) is 5.15. The molecule has 0 radical (unpaired) electrons. The highest BCUT2D eigenvalue weighted by atomic mass is 16.5. The summed E-state index contributed by atoms with van der Waals surface area (Å²) in [6.07, 6.45) is 1.87. The van der Waals surface area contributed by atoms with Crippen molar-refractivity contribution in [3.05, 3.63) is 29.8 Å². The van der Waals surface area contributed by atoms with Gasteiger partial charge in [0, 0.05) is 30.7 Å². The Kier molecular flexibility index (Phi) is 6.46. The van der Waals surface area contributed by atoms with Crippen molar-refractivity contribution >= 4 is 11.9 Å². The summed E-state index contributed by atoms with van der Waals surface area (Å²) < 4.78 is 5.28. The molecule has 0 aliphatic carbocycles. The minimum atomic E-state index is -0.0243. The van der Waals surface area contributed by atoms with Crippen molar-refractivity contribution in [2.75, 3.05) is 20.2 Å². The Morgan fingerprint density at radius 3 is 2.54 bits per heavy atom. The summed E-state index contributed by atoms with van der Waals surface area (Å²) in [6, 6.07) is 7.77. The maximum absolute atomic E-state index is 12.3. The molecule has 2 N–H and O–H groups in total. The van der Waals surface area contributed by atoms with E-state index >= 15 is 0 Å². The zero-order chi connectivity index (χ0) is 17.5. The van der Waals surface area contributed by atoms with Gasteiger partial charge in [-0.15, -0.1) is 0 Å². The summed E-state index contributed by atoms with van der Waals surface area (Å²) in [5, 5.41) is 5.97. The molecule has 0 atom stereocenters. The van der Waals surface area contributed by atoms with Gasteiger partial charge in [-0.05, 0) is 32.8 Å². The van der Waals surface area contributed by atoms with Crippen molar-refractivity contribution in [2.24, 2.45) is 0 Å². The lowest BCUT2D eigenvalue weighted by molar-refractivity contribution is -0.121. The Bertz CT molecular complexity index is 566. The van der Waals surface area contributed by atoms with Gasteiger partial charge in [0.2, 0.25) is 5.91 Å². The number of nitrogens with one attached hydrogen (secondary N) is 2. The first kappa shape index (κ1) is 18.1. The number of likely N-dealkylation sites (tertiary alicyclic amines) is 1. The van der Waals surface area contributed by atoms with Crippen LogP contribution in [0.15, 0.2) is 24.3 Å². The van der Waals surface area contributed by atoms with E-state index in [1.54, 1.807) is 7.11 Å². The molecule has 1 fully saturated rings. The number of hydrogen-bond donors (Lipinski definition) is 2. The number of para-hydroxylation sites is 1. The third-order valence-corrected chi connectivity index (χ3v) is 4.10. The second-order valence-corrected chi connectivity index (χ2v) is 6.42. The van der Waals surface area contributed by atoms with Gasteiger partial charge in [-0.25, -0.2) is 4.79 Å². The zero-order valence-electron chi connectivity index (χ0n) is 14.7. The van der Waals surface area contributed by atoms with Crippen molar-refractivity contribution < 1.29 is 14.3 Å². The molecule has 1 aliphatic rings. The van der Waals surface area contributed by atoms with E-state index in [2.05, 4.69) is 10.6 Å². The minimum Gasteiger partial charge on any atom is -0.496 e. The number of hydrogen-bond acceptors (Lipinski definition) is 3. The Hall–Kier alpha value is -2.24. The summed E-state index contributed by atoms with van der Waals surface area (Å²) in [7, 11) is 1.61. The van der Waals surface area contributed by atoms with Gasteiger partial charge in [-0.3, -0.25) is 4.79 Å². The van der Waals surface area contributed by atoms with Gasteiger partial charge in [-0.1, -0.05) is 18.2 Å². The van der Waals surface area contributed by atoms with E-state index in [1.165, 1.54) is 0 Å². The second-order valence-electron chi connectivity index (χ2n) is 6.42. The molecule has 1 heterocycles. The largest absolute Gasteiger partial charge is 0.496 e. The molecule has 6 heteroatoms. The highest BCUT2D eigenvalue weighted by Crippen LogP contribution is 2.18. The number of methoxy groups -OCH3 is 1. The first-order chi connectivity index (χ1) is 11.5. The number of piperidine rings is 1. The van der Waals surface area contributed by atoms with Gasteiger partial charge in [-0.2, -0.15) is 0 Å². The smallest absolute Gasteiger partial charge is 0.317 e. The molecule has 1 aliphatic heterocycles. The molecule has 0 spiro atoms. The van der Waals surface area contributed by atoms with Crippen LogP contribution in [-0.2, 0) is 11.2 Å². The van der Waals surface area contributed by atoms with Crippen LogP contribution in [0.5, 0.6) is 5.75 Å². The van der Waals surface area contributed by atoms with Crippen molar-refractivity contribution in [1.82, 2.24) is 15.5 Å². The molecule has 1 saturated heterocycles. The van der Waals surface area contributed by atoms with E-state index in [-0.39, 0.29) is 24.0 Å². The minimum absolute atomic E-state index is 0.00965. The van der Waals surface area contributed by atoms with E-state index < -0.39 is 0 Å². The molecule has 1 aromatic rings. The van der Waals surface area contributed by atoms with Gasteiger partial charge in [0.05, 0.1) is 13.5 Å². The number of carbonyl (C=O) groups is 2. The summed E-state index contributed by atoms with van der Waals surface area (Å²) in [5.41, 5.74) is 0.881. The van der Waals surface area contributed by atoms with E-state index in [9.17, 15) is 9.59 Å². The van der Waals surface area contributed by atoms with Crippen LogP contribution in [-0.4, -0.2) is 49.1 Å². The molecule has 0 saturated carbocycles. The van der Waals surface area contributed by atoms with Crippen LogP contribution in [0.1, 0.15) is 32.3 Å². The molecule has 24 heavy (non-hydrogen) atoms. The van der Waals surface area contributed by atoms with Gasteiger partial charge in [0.15, 0.2) is 0 Å². The lowest BCUT2D eigenvalue weighted by Gasteiger charge is -2.33. The summed E-state index contributed by atoms with van der Waals surface area (Å²) in [4.78, 5) is 26.0. The fourth-order valence-electron chi connectivity index (χ4n) is 2.87. The number of ether oxygens (including phenoxy) is 1. The second kappa shape index (κ2) is 8.57. The zero-order valence-corrected chi connectivity index (χ0v) is 14.7. The van der Waals surface area contributed by atoms with E-state index in [0.717, 1.165) is 24.2 Å². The Morgan fingerprint density at radius 1 is 1.25 bits per heavy atom. The van der Waals surface area contributed by atoms with Crippen LogP contribution in [0, 0.1) is 0 Å². The first-order valence-corrected chi connectivity index (χ1v) is 8.46. The van der Waals surface area contributed by atoms with Crippen LogP contribution in [0.3, 0.4) is 0 Å². The molecule has 6 nitrogen and oxygen atoms in total. The van der Waals surface area contributed by atoms with Gasteiger partial charge in [0.25, 0.3) is 0 Å². The molecule has 3 amide bonds. The summed E-state index contributed by atoms with van der Waals surface area (Å²) >= 11 is 0. The number of urea groups is 1. The van der Waals surface area contributed by atoms with Crippen molar-refractivity contribution in [3.63, 3.8) is 0 Å². The topological polar surface area (TPSA) is 70.7 Å². The van der Waals surface area contributed by atoms with E-state index in [0.29, 0.717) is 19.5 Å². The van der Waals surface area contributed by atoms with Crippen LogP contribution in [0.2, 0.25) is 0 Å². The van der Waals surface area contributed by atoms with Crippen LogP contribution >= 0.6 is 0 Å². The predicted molar refractivity (Wildman–Crippen MR) is 93.1 cm³/mol. The SMILES string of the molecule is COc1ccccc1CC(=O)NC1CCN(C(=O)NC(C)C)CC1. The summed E-state index contributed by atoms with van der Waals surface area (Å²) in [6.45, 7) is 5.22. The molecule has 1 aromatic carbocycles. The van der Waals surface area contributed by atoms with Crippen molar-refractivity contribution in [3.8, 4) is 5.75 Å². The molecule has 0 bridgehead atoms. The van der Waals surface area contributed by atoms with Crippen molar-refractivity contribution in [2.45, 2.75) is 45.2 Å². The molecular weight excluding hydrogens is 306 g/mol. The summed E-state index contributed by atoms with van der Waals surface area (Å²) in [5.74, 6) is 0.720. The fraction of sp³-hybridized carbons (Fsp3) is 0.556. The molecule has 0 unspecified atom stereocenters. The van der Waals surface area contributed by atoms with Crippen LogP contribution < -0.4 is 15.4 Å². The molecule has 2 rings (SSSR count). The van der Waals surface area contributed by atoms with E-state index in [1.807, 2.05) is 43.0 Å². The number of amides is 3. The van der Waals surface area contributed by atoms with Crippen LogP contribution in [0.4, 0.5) is 4.79 Å². The van der Waals surface area contributed by atoms with E-state index in [4.69, 9.17) is 4.74 Å². The molecule has 132 valence electrons. The maximum Gasteiger partial charge on any atom is 0.317 e. The Balaban J connectivity index is 1.79. The highest BCUT2D eigenvalue weighted by Gasteiger charge is 2.24. The highest BCUT2D eigenvalue weighted by molar-refractivity contribution is 5.79. The quantitative estimate of drug-likeness (QED) is 0.865.